The topological polar surface area (TPSA) is 55.0 Å². The SMILES string of the molecule is COC1(C(=O)c2ncc(-c3ccccc3)[nH]2)C=CC=CC1. The summed E-state index contributed by atoms with van der Waals surface area (Å²) in [6.07, 6.45) is 9.62. The summed E-state index contributed by atoms with van der Waals surface area (Å²) in [5.74, 6) is 0.156. The van der Waals surface area contributed by atoms with E-state index < -0.39 is 5.60 Å². The van der Waals surface area contributed by atoms with Crippen LogP contribution in [-0.2, 0) is 4.74 Å². The number of H-pyrrole nitrogens is 1. The van der Waals surface area contributed by atoms with Gasteiger partial charge in [0.15, 0.2) is 11.4 Å². The van der Waals surface area contributed by atoms with Crippen LogP contribution in [0.1, 0.15) is 17.0 Å². The standard InChI is InChI=1S/C17H16N2O2/c1-21-17(10-6-3-7-11-17)15(20)16-18-12-14(19-16)13-8-4-2-5-9-13/h2-10,12H,11H2,1H3,(H,18,19). The lowest BCUT2D eigenvalue weighted by molar-refractivity contribution is 0.0283. The molecule has 1 aromatic carbocycles. The van der Waals surface area contributed by atoms with E-state index in [-0.39, 0.29) is 5.78 Å². The number of carbonyl (C=O) groups excluding carboxylic acids is 1. The summed E-state index contributed by atoms with van der Waals surface area (Å²) in [5, 5.41) is 0. The molecule has 0 fully saturated rings. The van der Waals surface area contributed by atoms with E-state index in [9.17, 15) is 4.79 Å². The van der Waals surface area contributed by atoms with Crippen molar-refractivity contribution >= 4 is 5.78 Å². The summed E-state index contributed by atoms with van der Waals surface area (Å²) in [4.78, 5) is 20.0. The molecule has 21 heavy (non-hydrogen) atoms. The predicted octanol–water partition coefficient (Wildman–Crippen LogP) is 3.16. The molecule has 3 rings (SSSR count). The van der Waals surface area contributed by atoms with Crippen LogP contribution in [0.2, 0.25) is 0 Å². The Morgan fingerprint density at radius 1 is 1.29 bits per heavy atom. The highest BCUT2D eigenvalue weighted by atomic mass is 16.5. The number of methoxy groups -OCH3 is 1. The van der Waals surface area contributed by atoms with Crippen molar-refractivity contribution in [2.45, 2.75) is 12.0 Å². The van der Waals surface area contributed by atoms with E-state index in [0.29, 0.717) is 12.2 Å². The van der Waals surface area contributed by atoms with Gasteiger partial charge >= 0.3 is 0 Å². The van der Waals surface area contributed by atoms with Crippen LogP contribution >= 0.6 is 0 Å². The molecule has 0 bridgehead atoms. The molecule has 1 aromatic heterocycles. The van der Waals surface area contributed by atoms with E-state index in [2.05, 4.69) is 9.97 Å². The second-order valence-electron chi connectivity index (χ2n) is 4.93. The zero-order valence-corrected chi connectivity index (χ0v) is 11.7. The van der Waals surface area contributed by atoms with Crippen LogP contribution in [0.15, 0.2) is 60.8 Å². The van der Waals surface area contributed by atoms with Gasteiger partial charge in [0, 0.05) is 13.5 Å². The summed E-state index contributed by atoms with van der Waals surface area (Å²) in [5.41, 5.74) is 0.857. The van der Waals surface area contributed by atoms with Gasteiger partial charge in [0.25, 0.3) is 0 Å². The number of benzene rings is 1. The first-order chi connectivity index (χ1) is 10.2. The second kappa shape index (κ2) is 5.50. The lowest BCUT2D eigenvalue weighted by Crippen LogP contribution is -2.39. The number of rotatable bonds is 4. The first-order valence-electron chi connectivity index (χ1n) is 6.80. The van der Waals surface area contributed by atoms with E-state index in [4.69, 9.17) is 4.74 Å². The predicted molar refractivity (Wildman–Crippen MR) is 81.0 cm³/mol. The average molecular weight is 280 g/mol. The van der Waals surface area contributed by atoms with Crippen molar-refractivity contribution in [2.24, 2.45) is 0 Å². The quantitative estimate of drug-likeness (QED) is 0.875. The second-order valence-corrected chi connectivity index (χ2v) is 4.93. The fraction of sp³-hybridized carbons (Fsp3) is 0.176. The van der Waals surface area contributed by atoms with E-state index >= 15 is 0 Å². The molecular formula is C17H16N2O2. The Hall–Kier alpha value is -2.46. The van der Waals surface area contributed by atoms with Gasteiger partial charge in [-0.1, -0.05) is 48.6 Å². The minimum absolute atomic E-state index is 0.159. The van der Waals surface area contributed by atoms with Crippen LogP contribution in [0.4, 0.5) is 0 Å². The summed E-state index contributed by atoms with van der Waals surface area (Å²) in [6.45, 7) is 0. The smallest absolute Gasteiger partial charge is 0.233 e. The normalized spacial score (nSPS) is 20.6. The van der Waals surface area contributed by atoms with Crippen LogP contribution < -0.4 is 0 Å². The first-order valence-corrected chi connectivity index (χ1v) is 6.80. The number of aromatic amines is 1. The third kappa shape index (κ3) is 2.45. The number of Topliss-reactive ketones (excluding diaryl/α,β-unsaturated/α-hetero) is 1. The molecule has 1 aliphatic rings. The van der Waals surface area contributed by atoms with Gasteiger partial charge in [-0.2, -0.15) is 0 Å². The number of hydrogen-bond acceptors (Lipinski definition) is 3. The summed E-state index contributed by atoms with van der Waals surface area (Å²) < 4.78 is 5.46. The van der Waals surface area contributed by atoms with Crippen LogP contribution in [0, 0.1) is 0 Å². The number of imidazole rings is 1. The molecule has 0 saturated carbocycles. The van der Waals surface area contributed by atoms with Gasteiger partial charge in [-0.3, -0.25) is 4.79 Å². The lowest BCUT2D eigenvalue weighted by atomic mass is 9.90. The Morgan fingerprint density at radius 3 is 2.76 bits per heavy atom. The highest BCUT2D eigenvalue weighted by Gasteiger charge is 2.38. The Kier molecular flexibility index (Phi) is 3.54. The van der Waals surface area contributed by atoms with Gasteiger partial charge in [0.2, 0.25) is 5.78 Å². The molecule has 1 heterocycles. The molecule has 1 unspecified atom stereocenters. The molecule has 0 saturated heterocycles. The number of aromatic nitrogens is 2. The molecule has 0 spiro atoms. The van der Waals surface area contributed by atoms with Crippen molar-refractivity contribution < 1.29 is 9.53 Å². The highest BCUT2D eigenvalue weighted by molar-refractivity contribution is 6.02. The van der Waals surface area contributed by atoms with Crippen molar-refractivity contribution in [1.82, 2.24) is 9.97 Å². The number of hydrogen-bond donors (Lipinski definition) is 1. The van der Waals surface area contributed by atoms with Crippen molar-refractivity contribution in [3.8, 4) is 11.3 Å². The number of ether oxygens (including phenoxy) is 1. The maximum Gasteiger partial charge on any atom is 0.233 e. The zero-order valence-electron chi connectivity index (χ0n) is 11.7. The van der Waals surface area contributed by atoms with E-state index in [1.807, 2.05) is 48.6 Å². The van der Waals surface area contributed by atoms with E-state index in [0.717, 1.165) is 11.3 Å². The molecule has 4 nitrogen and oxygen atoms in total. The monoisotopic (exact) mass is 280 g/mol. The fourth-order valence-electron chi connectivity index (χ4n) is 2.41. The van der Waals surface area contributed by atoms with Crippen LogP contribution in [0.5, 0.6) is 0 Å². The van der Waals surface area contributed by atoms with Crippen molar-refractivity contribution in [1.29, 1.82) is 0 Å². The average Bonchev–Trinajstić information content (AvgIpc) is 3.05. The third-order valence-electron chi connectivity index (χ3n) is 3.66. The van der Waals surface area contributed by atoms with Crippen molar-refractivity contribution in [3.05, 3.63) is 66.7 Å². The Bertz CT molecular complexity index is 701. The molecule has 1 aliphatic carbocycles. The molecule has 106 valence electrons. The molecule has 0 amide bonds. The first kappa shape index (κ1) is 13.5. The van der Waals surface area contributed by atoms with Gasteiger partial charge in [-0.05, 0) is 11.6 Å². The molecule has 1 N–H and O–H groups in total. The third-order valence-corrected chi connectivity index (χ3v) is 3.66. The van der Waals surface area contributed by atoms with Gasteiger partial charge in [-0.15, -0.1) is 0 Å². The summed E-state index contributed by atoms with van der Waals surface area (Å²) in [7, 11) is 1.54. The van der Waals surface area contributed by atoms with Crippen molar-refractivity contribution in [3.63, 3.8) is 0 Å². The lowest BCUT2D eigenvalue weighted by Gasteiger charge is -2.27. The Morgan fingerprint density at radius 2 is 2.10 bits per heavy atom. The number of ketones is 1. The molecular weight excluding hydrogens is 264 g/mol. The molecule has 0 radical (unpaired) electrons. The maximum absolute atomic E-state index is 12.7. The van der Waals surface area contributed by atoms with Crippen LogP contribution in [0.3, 0.4) is 0 Å². The maximum atomic E-state index is 12.7. The van der Waals surface area contributed by atoms with Crippen LogP contribution in [0.25, 0.3) is 11.3 Å². The fourth-order valence-corrected chi connectivity index (χ4v) is 2.41. The Balaban J connectivity index is 1.91. The van der Waals surface area contributed by atoms with Gasteiger partial charge in [0.05, 0.1) is 11.9 Å². The van der Waals surface area contributed by atoms with Crippen molar-refractivity contribution in [2.75, 3.05) is 7.11 Å². The number of allylic oxidation sites excluding steroid dienone is 2. The Labute approximate surface area is 123 Å². The van der Waals surface area contributed by atoms with E-state index in [1.54, 1.807) is 19.4 Å². The molecule has 4 heteroatoms. The number of nitrogens with one attached hydrogen (secondary N) is 1. The minimum atomic E-state index is -0.958. The van der Waals surface area contributed by atoms with E-state index in [1.165, 1.54) is 0 Å². The summed E-state index contributed by atoms with van der Waals surface area (Å²) >= 11 is 0. The van der Waals surface area contributed by atoms with Gasteiger partial charge in [-0.25, -0.2) is 4.98 Å². The highest BCUT2D eigenvalue weighted by Crippen LogP contribution is 2.26. The van der Waals surface area contributed by atoms with Gasteiger partial charge in [0.1, 0.15) is 0 Å². The number of carbonyl (C=O) groups is 1. The summed E-state index contributed by atoms with van der Waals surface area (Å²) in [6, 6.07) is 9.78. The number of nitrogens with zero attached hydrogens (tertiary/aromatic N) is 1. The van der Waals surface area contributed by atoms with Gasteiger partial charge < -0.3 is 9.72 Å². The van der Waals surface area contributed by atoms with Crippen LogP contribution in [-0.4, -0.2) is 28.5 Å². The minimum Gasteiger partial charge on any atom is -0.365 e. The molecule has 0 aliphatic heterocycles. The molecule has 2 aromatic rings. The molecule has 1 atom stereocenters. The largest absolute Gasteiger partial charge is 0.365 e. The zero-order chi connectivity index (χ0) is 14.7.